The fraction of sp³-hybridized carbons (Fsp3) is 0.450. The van der Waals surface area contributed by atoms with Gasteiger partial charge in [0, 0.05) is 43.3 Å². The van der Waals surface area contributed by atoms with Crippen LogP contribution in [0, 0.1) is 0 Å². The number of likely N-dealkylation sites (tertiary alicyclic amines) is 1. The molecule has 0 aliphatic carbocycles. The van der Waals surface area contributed by atoms with Gasteiger partial charge < -0.3 is 20.5 Å². The number of hydrogen-bond donors (Lipinski definition) is 2. The third-order valence-corrected chi connectivity index (χ3v) is 5.86. The minimum Gasteiger partial charge on any atom is -0.368 e. The molecule has 0 spiro atoms. The summed E-state index contributed by atoms with van der Waals surface area (Å²) in [4.78, 5) is 21.5. The first-order valence-corrected chi connectivity index (χ1v) is 9.83. The van der Waals surface area contributed by atoms with Crippen molar-refractivity contribution in [3.63, 3.8) is 0 Å². The van der Waals surface area contributed by atoms with Crippen LogP contribution in [-0.2, 0) is 0 Å². The lowest BCUT2D eigenvalue weighted by molar-refractivity contribution is 0.314. The van der Waals surface area contributed by atoms with Crippen molar-refractivity contribution >= 4 is 22.7 Å². The second-order valence-electron chi connectivity index (χ2n) is 7.55. The minimum absolute atomic E-state index is 0.292. The highest BCUT2D eigenvalue weighted by molar-refractivity contribution is 6.02. The molecular formula is C20H25N7. The summed E-state index contributed by atoms with van der Waals surface area (Å²) in [5.74, 6) is 0.292. The van der Waals surface area contributed by atoms with E-state index in [4.69, 9.17) is 5.73 Å². The van der Waals surface area contributed by atoms with Crippen LogP contribution in [0.1, 0.15) is 25.7 Å². The topological polar surface area (TPSA) is 87.0 Å². The third-order valence-electron chi connectivity index (χ3n) is 5.86. The van der Waals surface area contributed by atoms with Gasteiger partial charge >= 0.3 is 0 Å². The lowest BCUT2D eigenvalue weighted by atomic mass is 10.1. The van der Waals surface area contributed by atoms with Gasteiger partial charge in [-0.15, -0.1) is 0 Å². The summed E-state index contributed by atoms with van der Waals surface area (Å²) in [5.41, 5.74) is 9.83. The smallest absolute Gasteiger partial charge is 0.220 e. The summed E-state index contributed by atoms with van der Waals surface area (Å²) in [6.45, 7) is 4.73. The molecule has 0 radical (unpaired) electrons. The lowest BCUT2D eigenvalue weighted by Gasteiger charge is -2.30. The van der Waals surface area contributed by atoms with Gasteiger partial charge in [-0.05, 0) is 50.9 Å². The molecule has 0 unspecified atom stereocenters. The molecule has 2 aliphatic heterocycles. The fourth-order valence-corrected chi connectivity index (χ4v) is 4.61. The number of nitrogens with zero attached hydrogens (tertiary/aromatic N) is 5. The quantitative estimate of drug-likeness (QED) is 0.741. The average molecular weight is 363 g/mol. The molecule has 140 valence electrons. The molecule has 7 heteroatoms. The molecule has 0 bridgehead atoms. The van der Waals surface area contributed by atoms with Crippen molar-refractivity contribution in [2.75, 3.05) is 36.8 Å². The van der Waals surface area contributed by atoms with Crippen LogP contribution in [0.4, 0.5) is 11.6 Å². The number of nitrogen functional groups attached to an aromatic ring is 1. The Morgan fingerprint density at radius 1 is 1.07 bits per heavy atom. The number of H-pyrrole nitrogens is 1. The molecule has 2 saturated heterocycles. The fourth-order valence-electron chi connectivity index (χ4n) is 4.61. The van der Waals surface area contributed by atoms with Gasteiger partial charge in [-0.3, -0.25) is 0 Å². The number of aromatic amines is 1. The first-order valence-electron chi connectivity index (χ1n) is 9.83. The molecular weight excluding hydrogens is 338 g/mol. The first-order chi connectivity index (χ1) is 13.3. The number of nitrogens with two attached hydrogens (primary N) is 1. The van der Waals surface area contributed by atoms with Crippen molar-refractivity contribution in [2.45, 2.75) is 31.7 Å². The van der Waals surface area contributed by atoms with Gasteiger partial charge in [0.05, 0.1) is 16.8 Å². The predicted octanol–water partition coefficient (Wildman–Crippen LogP) is 2.67. The molecule has 3 N–H and O–H groups in total. The normalized spacial score (nSPS) is 20.7. The van der Waals surface area contributed by atoms with E-state index >= 15 is 0 Å². The average Bonchev–Trinajstić information content (AvgIpc) is 3.42. The van der Waals surface area contributed by atoms with Gasteiger partial charge in [-0.1, -0.05) is 0 Å². The number of anilines is 2. The van der Waals surface area contributed by atoms with Crippen molar-refractivity contribution < 1.29 is 0 Å². The van der Waals surface area contributed by atoms with Crippen molar-refractivity contribution in [1.82, 2.24) is 24.8 Å². The minimum atomic E-state index is 0.292. The number of hydrogen-bond acceptors (Lipinski definition) is 6. The highest BCUT2D eigenvalue weighted by Crippen LogP contribution is 2.37. The number of nitrogens with one attached hydrogen (secondary N) is 1. The van der Waals surface area contributed by atoms with Gasteiger partial charge in [-0.2, -0.15) is 0 Å². The van der Waals surface area contributed by atoms with Crippen molar-refractivity contribution in [3.8, 4) is 11.3 Å². The molecule has 0 saturated carbocycles. The van der Waals surface area contributed by atoms with Crippen LogP contribution in [0.2, 0.25) is 0 Å². The summed E-state index contributed by atoms with van der Waals surface area (Å²) < 4.78 is 0. The summed E-state index contributed by atoms with van der Waals surface area (Å²) in [5, 5.41) is 1.13. The molecule has 2 aliphatic rings. The Hall–Kier alpha value is -2.67. The molecule has 5 rings (SSSR count). The van der Waals surface area contributed by atoms with Crippen LogP contribution >= 0.6 is 0 Å². The summed E-state index contributed by atoms with van der Waals surface area (Å²) in [7, 11) is 0. The first kappa shape index (κ1) is 16.5. The van der Waals surface area contributed by atoms with Crippen LogP contribution in [0.15, 0.2) is 30.7 Å². The zero-order valence-electron chi connectivity index (χ0n) is 15.4. The Bertz CT molecular complexity index is 944. The van der Waals surface area contributed by atoms with Gasteiger partial charge in [0.15, 0.2) is 0 Å². The van der Waals surface area contributed by atoms with Gasteiger partial charge in [0.1, 0.15) is 5.65 Å². The van der Waals surface area contributed by atoms with Crippen LogP contribution in [-0.4, -0.2) is 57.1 Å². The van der Waals surface area contributed by atoms with E-state index in [1.54, 1.807) is 6.20 Å². The zero-order valence-corrected chi connectivity index (χ0v) is 15.4. The summed E-state index contributed by atoms with van der Waals surface area (Å²) in [6.07, 6.45) is 10.8. The summed E-state index contributed by atoms with van der Waals surface area (Å²) >= 11 is 0. The van der Waals surface area contributed by atoms with E-state index in [2.05, 4.69) is 35.8 Å². The number of fused-ring (bicyclic) bond motifs is 1. The molecule has 2 fully saturated rings. The maximum absolute atomic E-state index is 5.82. The van der Waals surface area contributed by atoms with Crippen LogP contribution in [0.3, 0.4) is 0 Å². The number of rotatable bonds is 4. The Kier molecular flexibility index (Phi) is 4.16. The molecule has 0 amide bonds. The van der Waals surface area contributed by atoms with Crippen LogP contribution < -0.4 is 10.6 Å². The molecule has 7 nitrogen and oxygen atoms in total. The van der Waals surface area contributed by atoms with Crippen molar-refractivity contribution in [1.29, 1.82) is 0 Å². The SMILES string of the molecule is Nc1nccc(-c2c[nH]c3nccc(N4CCC[C@H]4CN4CCCC4)c23)n1. The molecule has 3 aromatic rings. The largest absolute Gasteiger partial charge is 0.368 e. The highest BCUT2D eigenvalue weighted by atomic mass is 15.2. The molecule has 1 atom stereocenters. The van der Waals surface area contributed by atoms with E-state index in [1.807, 2.05) is 18.5 Å². The Morgan fingerprint density at radius 2 is 1.93 bits per heavy atom. The van der Waals surface area contributed by atoms with E-state index in [9.17, 15) is 0 Å². The van der Waals surface area contributed by atoms with Crippen molar-refractivity contribution in [2.24, 2.45) is 0 Å². The van der Waals surface area contributed by atoms with E-state index in [0.717, 1.165) is 35.4 Å². The molecule has 5 heterocycles. The highest BCUT2D eigenvalue weighted by Gasteiger charge is 2.29. The van der Waals surface area contributed by atoms with Gasteiger partial charge in [0.25, 0.3) is 0 Å². The molecule has 27 heavy (non-hydrogen) atoms. The predicted molar refractivity (Wildman–Crippen MR) is 108 cm³/mol. The second-order valence-corrected chi connectivity index (χ2v) is 7.55. The van der Waals surface area contributed by atoms with Crippen molar-refractivity contribution in [3.05, 3.63) is 30.7 Å². The maximum atomic E-state index is 5.82. The Labute approximate surface area is 158 Å². The standard InChI is InChI=1S/C20H25N7/c21-20-23-7-5-16(25-20)15-12-24-19-18(15)17(6-8-22-19)27-11-3-4-14(27)13-26-9-1-2-10-26/h5-8,12,14H,1-4,9-11,13H2,(H,22,24)(H2,21,23,25)/t14-/m0/s1. The lowest BCUT2D eigenvalue weighted by Crippen LogP contribution is -2.39. The van der Waals surface area contributed by atoms with Crippen LogP contribution in [0.5, 0.6) is 0 Å². The van der Waals surface area contributed by atoms with E-state index in [-0.39, 0.29) is 0 Å². The molecule has 3 aromatic heterocycles. The van der Waals surface area contributed by atoms with Gasteiger partial charge in [-0.25, -0.2) is 15.0 Å². The van der Waals surface area contributed by atoms with E-state index in [1.165, 1.54) is 44.5 Å². The van der Waals surface area contributed by atoms with Crippen LogP contribution in [0.25, 0.3) is 22.3 Å². The Balaban J connectivity index is 1.55. The molecule has 0 aromatic carbocycles. The third kappa shape index (κ3) is 3.02. The van der Waals surface area contributed by atoms with E-state index in [0.29, 0.717) is 12.0 Å². The summed E-state index contributed by atoms with van der Waals surface area (Å²) in [6, 6.07) is 4.61. The Morgan fingerprint density at radius 3 is 2.78 bits per heavy atom. The monoisotopic (exact) mass is 363 g/mol. The maximum Gasteiger partial charge on any atom is 0.220 e. The zero-order chi connectivity index (χ0) is 18.2. The van der Waals surface area contributed by atoms with E-state index < -0.39 is 0 Å². The second kappa shape index (κ2) is 6.81. The van der Waals surface area contributed by atoms with Gasteiger partial charge in [0.2, 0.25) is 5.95 Å². The number of pyridine rings is 1. The number of aromatic nitrogens is 4.